The highest BCUT2D eigenvalue weighted by atomic mass is 32.1. The molecule has 3 atom stereocenters. The third-order valence-electron chi connectivity index (χ3n) is 8.03. The number of phenolic OH excluding ortho intramolecular Hbond substituents is 1. The van der Waals surface area contributed by atoms with E-state index in [0.29, 0.717) is 10.6 Å². The van der Waals surface area contributed by atoms with E-state index in [1.54, 1.807) is 12.1 Å². The van der Waals surface area contributed by atoms with Crippen LogP contribution in [-0.4, -0.2) is 58.1 Å². The number of fused-ring (bicyclic) bond motifs is 5. The number of likely N-dealkylation sites (tertiary alicyclic amines) is 1. The number of halogens is 1. The Hall–Kier alpha value is -2.71. The molecule has 3 aromatic rings. The molecule has 6 nitrogen and oxygen atoms in total. The van der Waals surface area contributed by atoms with Crippen LogP contribution in [-0.2, 0) is 11.8 Å². The number of thiazole rings is 1. The zero-order valence-electron chi connectivity index (χ0n) is 19.4. The van der Waals surface area contributed by atoms with Gasteiger partial charge in [0.05, 0.1) is 16.3 Å². The summed E-state index contributed by atoms with van der Waals surface area (Å²) in [6, 6.07) is 10.2. The monoisotopic (exact) mass is 480 g/mol. The highest BCUT2D eigenvalue weighted by Crippen LogP contribution is 2.48. The molecule has 0 spiro atoms. The van der Waals surface area contributed by atoms with Gasteiger partial charge in [0.1, 0.15) is 11.6 Å². The van der Waals surface area contributed by atoms with Crippen LogP contribution in [0.15, 0.2) is 36.4 Å². The number of urea groups is 1. The molecular weight excluding hydrogens is 451 g/mol. The predicted molar refractivity (Wildman–Crippen MR) is 132 cm³/mol. The van der Waals surface area contributed by atoms with Crippen LogP contribution in [0.2, 0.25) is 0 Å². The Bertz CT molecular complexity index is 1270. The number of hydrogen-bond donors (Lipinski definition) is 2. The summed E-state index contributed by atoms with van der Waals surface area (Å²) in [5.74, 6) is 0.702. The number of phenols is 1. The molecule has 2 fully saturated rings. The van der Waals surface area contributed by atoms with Gasteiger partial charge in [-0.2, -0.15) is 0 Å². The van der Waals surface area contributed by atoms with Gasteiger partial charge in [0, 0.05) is 31.1 Å². The molecule has 0 unspecified atom stereocenters. The fourth-order valence-electron chi connectivity index (χ4n) is 6.15. The van der Waals surface area contributed by atoms with Crippen LogP contribution in [0.25, 0.3) is 10.2 Å². The minimum Gasteiger partial charge on any atom is -0.508 e. The Morgan fingerprint density at radius 2 is 2.15 bits per heavy atom. The second kappa shape index (κ2) is 7.92. The van der Waals surface area contributed by atoms with Crippen molar-refractivity contribution in [1.29, 1.82) is 0 Å². The minimum atomic E-state index is -0.339. The quantitative estimate of drug-likeness (QED) is 0.553. The summed E-state index contributed by atoms with van der Waals surface area (Å²) >= 11 is 1.35. The maximum Gasteiger partial charge on any atom is 0.323 e. The maximum atomic E-state index is 13.6. The zero-order chi connectivity index (χ0) is 23.6. The van der Waals surface area contributed by atoms with Crippen LogP contribution in [0.3, 0.4) is 0 Å². The van der Waals surface area contributed by atoms with Crippen LogP contribution in [0, 0.1) is 11.7 Å². The van der Waals surface area contributed by atoms with E-state index in [2.05, 4.69) is 22.1 Å². The Kier molecular flexibility index (Phi) is 5.08. The number of piperidine rings is 1. The van der Waals surface area contributed by atoms with Crippen LogP contribution in [0.4, 0.5) is 14.3 Å². The lowest BCUT2D eigenvalue weighted by Crippen LogP contribution is -2.68. The fraction of sp³-hybridized carbons (Fsp3) is 0.462. The third kappa shape index (κ3) is 3.64. The van der Waals surface area contributed by atoms with Crippen molar-refractivity contribution in [3.8, 4) is 5.75 Å². The number of carbonyl (C=O) groups is 1. The van der Waals surface area contributed by atoms with Crippen molar-refractivity contribution in [3.63, 3.8) is 0 Å². The standard InChI is InChI=1S/C26H29FN4O2S/c1-26-9-10-31(14-15-3-4-15)21(11-16-5-7-18(32)13-19(16)26)23(26)30(2)25(33)29-24-28-20-12-17(27)6-8-22(20)34-24/h5-8,12-13,15,21,23,32H,3-4,9-11,14H2,1-2H3,(H,28,29,33)/t21-,23-,26+/m1/s1. The van der Waals surface area contributed by atoms with Gasteiger partial charge in [-0.1, -0.05) is 24.3 Å². The summed E-state index contributed by atoms with van der Waals surface area (Å²) in [7, 11) is 1.87. The molecule has 178 valence electrons. The number of carbonyl (C=O) groups excluding carboxylic acids is 1. The molecule has 1 saturated carbocycles. The highest BCUT2D eigenvalue weighted by Gasteiger charge is 2.53. The van der Waals surface area contributed by atoms with Crippen molar-refractivity contribution in [2.75, 3.05) is 25.5 Å². The predicted octanol–water partition coefficient (Wildman–Crippen LogP) is 4.97. The van der Waals surface area contributed by atoms with Crippen molar-refractivity contribution in [3.05, 3.63) is 53.3 Å². The van der Waals surface area contributed by atoms with Gasteiger partial charge in [0.25, 0.3) is 0 Å². The normalized spacial score (nSPS) is 26.3. The van der Waals surface area contributed by atoms with Crippen molar-refractivity contribution < 1.29 is 14.3 Å². The molecule has 1 saturated heterocycles. The van der Waals surface area contributed by atoms with E-state index in [1.165, 1.54) is 41.9 Å². The molecule has 2 heterocycles. The Labute approximate surface area is 202 Å². The molecule has 2 aliphatic carbocycles. The van der Waals surface area contributed by atoms with Crippen molar-refractivity contribution in [2.24, 2.45) is 5.92 Å². The fourth-order valence-corrected chi connectivity index (χ4v) is 6.99. The molecule has 2 amide bonds. The average molecular weight is 481 g/mol. The first-order valence-electron chi connectivity index (χ1n) is 12.0. The summed E-state index contributed by atoms with van der Waals surface area (Å²) in [6.07, 6.45) is 4.38. The van der Waals surface area contributed by atoms with E-state index >= 15 is 0 Å². The van der Waals surface area contributed by atoms with E-state index < -0.39 is 0 Å². The second-order valence-electron chi connectivity index (χ2n) is 10.3. The van der Waals surface area contributed by atoms with Gasteiger partial charge < -0.3 is 10.0 Å². The van der Waals surface area contributed by atoms with Gasteiger partial charge in [0.2, 0.25) is 0 Å². The van der Waals surface area contributed by atoms with E-state index in [4.69, 9.17) is 0 Å². The van der Waals surface area contributed by atoms with Gasteiger partial charge in [-0.05, 0) is 73.5 Å². The second-order valence-corrected chi connectivity index (χ2v) is 11.4. The highest BCUT2D eigenvalue weighted by molar-refractivity contribution is 7.22. The molecule has 3 aliphatic rings. The van der Waals surface area contributed by atoms with Crippen LogP contribution in [0.5, 0.6) is 5.75 Å². The van der Waals surface area contributed by atoms with Gasteiger partial charge >= 0.3 is 6.03 Å². The first kappa shape index (κ1) is 21.8. The van der Waals surface area contributed by atoms with E-state index in [9.17, 15) is 14.3 Å². The largest absolute Gasteiger partial charge is 0.508 e. The van der Waals surface area contributed by atoms with Gasteiger partial charge in [-0.15, -0.1) is 0 Å². The third-order valence-corrected chi connectivity index (χ3v) is 8.98. The molecule has 1 aromatic heterocycles. The molecule has 2 N–H and O–H groups in total. The molecule has 34 heavy (non-hydrogen) atoms. The summed E-state index contributed by atoms with van der Waals surface area (Å²) < 4.78 is 14.4. The zero-order valence-corrected chi connectivity index (χ0v) is 20.2. The van der Waals surface area contributed by atoms with Gasteiger partial charge in [-0.25, -0.2) is 14.2 Å². The average Bonchev–Trinajstić information content (AvgIpc) is 3.53. The number of hydrogen-bond acceptors (Lipinski definition) is 5. The number of benzene rings is 2. The number of likely N-dealkylation sites (N-methyl/N-ethyl adjacent to an activating group) is 1. The molecule has 6 rings (SSSR count). The number of aromatic hydroxyl groups is 1. The molecule has 1 aliphatic heterocycles. The summed E-state index contributed by atoms with van der Waals surface area (Å²) in [6.45, 7) is 4.33. The number of anilines is 1. The number of aromatic nitrogens is 1. The first-order valence-corrected chi connectivity index (χ1v) is 12.8. The van der Waals surface area contributed by atoms with Crippen molar-refractivity contribution in [1.82, 2.24) is 14.8 Å². The first-order chi connectivity index (χ1) is 16.3. The lowest BCUT2D eigenvalue weighted by atomic mass is 9.61. The molecule has 2 aromatic carbocycles. The lowest BCUT2D eigenvalue weighted by Gasteiger charge is -2.58. The van der Waals surface area contributed by atoms with E-state index in [-0.39, 0.29) is 35.1 Å². The topological polar surface area (TPSA) is 68.7 Å². The number of nitrogens with one attached hydrogen (secondary N) is 1. The van der Waals surface area contributed by atoms with E-state index in [1.807, 2.05) is 24.1 Å². The number of nitrogens with zero attached hydrogens (tertiary/aromatic N) is 3. The number of rotatable bonds is 4. The summed E-state index contributed by atoms with van der Waals surface area (Å²) in [4.78, 5) is 22.3. The number of amides is 2. The smallest absolute Gasteiger partial charge is 0.323 e. The Balaban J connectivity index is 1.32. The minimum absolute atomic E-state index is 0.0406. The van der Waals surface area contributed by atoms with Crippen LogP contribution >= 0.6 is 11.3 Å². The summed E-state index contributed by atoms with van der Waals surface area (Å²) in [5, 5.41) is 13.7. The Morgan fingerprint density at radius 3 is 2.94 bits per heavy atom. The van der Waals surface area contributed by atoms with Crippen LogP contribution < -0.4 is 5.32 Å². The van der Waals surface area contributed by atoms with Gasteiger partial charge in [0.15, 0.2) is 5.13 Å². The van der Waals surface area contributed by atoms with Gasteiger partial charge in [-0.3, -0.25) is 10.2 Å². The van der Waals surface area contributed by atoms with Crippen molar-refractivity contribution >= 4 is 32.7 Å². The molecular formula is C26H29FN4O2S. The molecule has 2 bridgehead atoms. The molecule has 8 heteroatoms. The molecule has 0 radical (unpaired) electrons. The van der Waals surface area contributed by atoms with E-state index in [0.717, 1.165) is 42.1 Å². The Morgan fingerprint density at radius 1 is 1.32 bits per heavy atom. The SMILES string of the molecule is CN(C(=O)Nc1nc2cc(F)ccc2s1)[C@@H]1[C@H]2Cc3ccc(O)cc3[C@]1(C)CCN2CC1CC1. The lowest BCUT2D eigenvalue weighted by molar-refractivity contribution is 0.00456. The van der Waals surface area contributed by atoms with Crippen molar-refractivity contribution in [2.45, 2.75) is 50.1 Å². The maximum absolute atomic E-state index is 13.6. The van der Waals surface area contributed by atoms with Crippen LogP contribution in [0.1, 0.15) is 37.3 Å². The summed E-state index contributed by atoms with van der Waals surface area (Å²) in [5.41, 5.74) is 2.70.